The van der Waals surface area contributed by atoms with E-state index in [1.165, 1.54) is 6.33 Å². The Morgan fingerprint density at radius 1 is 1.28 bits per heavy atom. The molecule has 1 saturated heterocycles. The number of ether oxygens (including phenoxy) is 2. The van der Waals surface area contributed by atoms with Crippen LogP contribution in [0.1, 0.15) is 28.2 Å². The highest BCUT2D eigenvalue weighted by Gasteiger charge is 2.38. The maximum atomic E-state index is 11.6. The molecule has 1 fully saturated rings. The third-order valence-corrected chi connectivity index (χ3v) is 5.97. The van der Waals surface area contributed by atoms with Crippen LogP contribution in [-0.4, -0.2) is 55.5 Å². The van der Waals surface area contributed by atoms with Crippen LogP contribution in [0.15, 0.2) is 43.0 Å². The van der Waals surface area contributed by atoms with E-state index in [-0.39, 0.29) is 5.69 Å². The number of aromatic nitrogens is 5. The van der Waals surface area contributed by atoms with E-state index in [4.69, 9.17) is 14.5 Å². The number of rotatable bonds is 5. The molecule has 0 aliphatic carbocycles. The number of aromatic carboxylic acids is 1. The minimum Gasteiger partial charge on any atom is -0.477 e. The molecule has 0 unspecified atom stereocenters. The zero-order valence-corrected chi connectivity index (χ0v) is 18.1. The quantitative estimate of drug-likeness (QED) is 0.516. The second kappa shape index (κ2) is 7.54. The molecule has 9 heteroatoms. The molecule has 164 valence electrons. The Labute approximate surface area is 184 Å². The van der Waals surface area contributed by atoms with Gasteiger partial charge in [-0.15, -0.1) is 0 Å². The number of hydrogen-bond donors (Lipinski definition) is 1. The van der Waals surface area contributed by atoms with Gasteiger partial charge in [-0.2, -0.15) is 5.10 Å². The van der Waals surface area contributed by atoms with Crippen LogP contribution in [0.2, 0.25) is 0 Å². The lowest BCUT2D eigenvalue weighted by molar-refractivity contribution is -0.0245. The lowest BCUT2D eigenvalue weighted by atomic mass is 9.95. The van der Waals surface area contributed by atoms with Crippen molar-refractivity contribution in [3.8, 4) is 22.5 Å². The van der Waals surface area contributed by atoms with Crippen LogP contribution in [0.4, 0.5) is 0 Å². The number of fused-ring (bicyclic) bond motifs is 1. The van der Waals surface area contributed by atoms with E-state index >= 15 is 0 Å². The first-order valence-electron chi connectivity index (χ1n) is 10.3. The predicted octanol–water partition coefficient (Wildman–Crippen LogP) is 3.07. The predicted molar refractivity (Wildman–Crippen MR) is 116 cm³/mol. The molecule has 5 heterocycles. The van der Waals surface area contributed by atoms with Crippen LogP contribution >= 0.6 is 0 Å². The summed E-state index contributed by atoms with van der Waals surface area (Å²) in [6.07, 6.45) is 5.93. The van der Waals surface area contributed by atoms with Crippen molar-refractivity contribution in [2.24, 2.45) is 7.05 Å². The third kappa shape index (κ3) is 3.26. The summed E-state index contributed by atoms with van der Waals surface area (Å²) < 4.78 is 15.1. The Bertz CT molecular complexity index is 1330. The highest BCUT2D eigenvalue weighted by atomic mass is 16.5. The Kier molecular flexibility index (Phi) is 4.79. The van der Waals surface area contributed by atoms with Crippen molar-refractivity contribution < 1.29 is 19.4 Å². The largest absolute Gasteiger partial charge is 0.477 e. The van der Waals surface area contributed by atoms with Gasteiger partial charge in [-0.05, 0) is 36.8 Å². The van der Waals surface area contributed by atoms with Crippen molar-refractivity contribution in [1.29, 1.82) is 0 Å². The van der Waals surface area contributed by atoms with Gasteiger partial charge in [0.2, 0.25) is 0 Å². The molecule has 1 aliphatic rings. The Morgan fingerprint density at radius 2 is 2.12 bits per heavy atom. The molecule has 1 N–H and O–H groups in total. The van der Waals surface area contributed by atoms with Gasteiger partial charge in [0.05, 0.1) is 35.4 Å². The smallest absolute Gasteiger partial charge is 0.354 e. The van der Waals surface area contributed by atoms with Gasteiger partial charge < -0.3 is 14.6 Å². The second-order valence-electron chi connectivity index (χ2n) is 8.10. The molecule has 32 heavy (non-hydrogen) atoms. The minimum absolute atomic E-state index is 0.0278. The number of methoxy groups -OCH3 is 1. The van der Waals surface area contributed by atoms with Gasteiger partial charge in [0.25, 0.3) is 0 Å². The SMILES string of the molecule is CO[C@@]1(c2cc(C)cc(-c3cc(-c4cnn(C)c4)n4cnc(C(=O)O)cc34)n2)CCOC1. The number of carboxylic acid groups (broad SMARTS) is 1. The molecular formula is C23H23N5O4. The van der Waals surface area contributed by atoms with Crippen LogP contribution < -0.4 is 0 Å². The van der Waals surface area contributed by atoms with E-state index in [9.17, 15) is 9.90 Å². The first kappa shape index (κ1) is 20.3. The molecule has 0 aromatic carbocycles. The number of pyridine rings is 1. The van der Waals surface area contributed by atoms with Gasteiger partial charge in [0, 0.05) is 44.5 Å². The lowest BCUT2D eigenvalue weighted by Gasteiger charge is -2.26. The summed E-state index contributed by atoms with van der Waals surface area (Å²) in [6, 6.07) is 7.58. The topological polar surface area (TPSA) is 104 Å². The zero-order chi connectivity index (χ0) is 22.5. The van der Waals surface area contributed by atoms with Gasteiger partial charge in [-0.25, -0.2) is 14.8 Å². The molecule has 1 atom stereocenters. The van der Waals surface area contributed by atoms with E-state index in [0.717, 1.165) is 40.2 Å². The number of aryl methyl sites for hydroxylation is 2. The van der Waals surface area contributed by atoms with Crippen LogP contribution in [0.5, 0.6) is 0 Å². The van der Waals surface area contributed by atoms with Gasteiger partial charge in [0.1, 0.15) is 11.9 Å². The maximum Gasteiger partial charge on any atom is 0.354 e. The summed E-state index contributed by atoms with van der Waals surface area (Å²) in [4.78, 5) is 20.7. The fourth-order valence-electron chi connectivity index (χ4n) is 4.25. The maximum absolute atomic E-state index is 11.6. The molecule has 0 spiro atoms. The van der Waals surface area contributed by atoms with Crippen LogP contribution in [0.3, 0.4) is 0 Å². The van der Waals surface area contributed by atoms with E-state index in [1.807, 2.05) is 42.8 Å². The molecule has 0 bridgehead atoms. The summed E-state index contributed by atoms with van der Waals surface area (Å²) in [6.45, 7) is 3.08. The highest BCUT2D eigenvalue weighted by molar-refractivity contribution is 5.91. The highest BCUT2D eigenvalue weighted by Crippen LogP contribution is 2.37. The molecule has 0 amide bonds. The van der Waals surface area contributed by atoms with Gasteiger partial charge in [0.15, 0.2) is 5.69 Å². The van der Waals surface area contributed by atoms with E-state index in [2.05, 4.69) is 10.1 Å². The standard InChI is InChI=1S/C23H23N5O4/c1-14-6-17(26-21(7-14)23(31-3)4-5-32-12-23)16-8-19(15-10-25-27(2)11-15)28-13-24-18(22(29)30)9-20(16)28/h6-11,13H,4-5,12H2,1-3H3,(H,29,30)/t23-/m0/s1. The summed E-state index contributed by atoms with van der Waals surface area (Å²) in [5.74, 6) is -1.08. The molecule has 9 nitrogen and oxygen atoms in total. The fraction of sp³-hybridized carbons (Fsp3) is 0.304. The average molecular weight is 433 g/mol. The Morgan fingerprint density at radius 3 is 2.78 bits per heavy atom. The summed E-state index contributed by atoms with van der Waals surface area (Å²) in [5.41, 5.74) is 5.21. The Hall–Kier alpha value is -3.56. The summed E-state index contributed by atoms with van der Waals surface area (Å²) in [7, 11) is 3.53. The zero-order valence-electron chi connectivity index (χ0n) is 18.1. The monoisotopic (exact) mass is 433 g/mol. The van der Waals surface area contributed by atoms with Crippen molar-refractivity contribution in [2.45, 2.75) is 18.9 Å². The van der Waals surface area contributed by atoms with Crippen molar-refractivity contribution in [3.05, 3.63) is 59.9 Å². The summed E-state index contributed by atoms with van der Waals surface area (Å²) in [5, 5.41) is 13.8. The Balaban J connectivity index is 1.75. The van der Waals surface area contributed by atoms with Crippen LogP contribution in [0, 0.1) is 6.92 Å². The van der Waals surface area contributed by atoms with Crippen molar-refractivity contribution >= 4 is 11.5 Å². The van der Waals surface area contributed by atoms with Gasteiger partial charge in [-0.1, -0.05) is 0 Å². The van der Waals surface area contributed by atoms with Crippen LogP contribution in [-0.2, 0) is 22.1 Å². The second-order valence-corrected chi connectivity index (χ2v) is 8.10. The first-order chi connectivity index (χ1) is 15.4. The van der Waals surface area contributed by atoms with Crippen molar-refractivity contribution in [1.82, 2.24) is 24.1 Å². The minimum atomic E-state index is -1.08. The molecule has 4 aromatic rings. The molecular weight excluding hydrogens is 410 g/mol. The average Bonchev–Trinajstić information content (AvgIpc) is 3.51. The summed E-state index contributed by atoms with van der Waals surface area (Å²) >= 11 is 0. The molecule has 1 aliphatic heterocycles. The molecule has 4 aromatic heterocycles. The lowest BCUT2D eigenvalue weighted by Crippen LogP contribution is -2.30. The van der Waals surface area contributed by atoms with Crippen molar-refractivity contribution in [2.75, 3.05) is 20.3 Å². The number of nitrogens with zero attached hydrogens (tertiary/aromatic N) is 5. The van der Waals surface area contributed by atoms with Crippen LogP contribution in [0.25, 0.3) is 28.0 Å². The van der Waals surface area contributed by atoms with Gasteiger partial charge in [-0.3, -0.25) is 9.08 Å². The number of carboxylic acids is 1. The molecule has 0 radical (unpaired) electrons. The number of carbonyl (C=O) groups is 1. The van der Waals surface area contributed by atoms with Gasteiger partial charge >= 0.3 is 5.97 Å². The molecule has 5 rings (SSSR count). The van der Waals surface area contributed by atoms with E-state index in [1.54, 1.807) is 24.1 Å². The first-order valence-corrected chi connectivity index (χ1v) is 10.3. The third-order valence-electron chi connectivity index (χ3n) is 5.97. The fourth-order valence-corrected chi connectivity index (χ4v) is 4.25. The normalized spacial score (nSPS) is 18.5. The molecule has 0 saturated carbocycles. The number of hydrogen-bond acceptors (Lipinski definition) is 6. The van der Waals surface area contributed by atoms with Crippen molar-refractivity contribution in [3.63, 3.8) is 0 Å². The van der Waals surface area contributed by atoms with E-state index < -0.39 is 11.6 Å². The van der Waals surface area contributed by atoms with E-state index in [0.29, 0.717) is 18.7 Å².